The van der Waals surface area contributed by atoms with Crippen molar-refractivity contribution < 1.29 is 9.84 Å². The highest BCUT2D eigenvalue weighted by molar-refractivity contribution is 4.94. The van der Waals surface area contributed by atoms with Gasteiger partial charge in [0.1, 0.15) is 0 Å². The molecule has 2 rings (SSSR count). The lowest BCUT2D eigenvalue weighted by atomic mass is 9.77. The first-order valence-electron chi connectivity index (χ1n) is 6.20. The van der Waals surface area contributed by atoms with Gasteiger partial charge in [-0.2, -0.15) is 0 Å². The van der Waals surface area contributed by atoms with Crippen LogP contribution in [0.4, 0.5) is 0 Å². The molecule has 1 unspecified atom stereocenters. The molecule has 15 heavy (non-hydrogen) atoms. The summed E-state index contributed by atoms with van der Waals surface area (Å²) < 4.78 is 5.37. The standard InChI is InChI=1S/C12H23NO2/c1-10-2-5-12(9-14,6-3-10)13-11-4-7-15-8-11/h10-11,13-14H,2-9H2,1H3. The third-order valence-corrected chi connectivity index (χ3v) is 3.97. The Morgan fingerprint density at radius 3 is 2.60 bits per heavy atom. The lowest BCUT2D eigenvalue weighted by molar-refractivity contribution is 0.0898. The molecular formula is C12H23NO2. The van der Waals surface area contributed by atoms with Crippen molar-refractivity contribution in [2.75, 3.05) is 19.8 Å². The van der Waals surface area contributed by atoms with E-state index >= 15 is 0 Å². The quantitative estimate of drug-likeness (QED) is 0.742. The lowest BCUT2D eigenvalue weighted by Crippen LogP contribution is -2.55. The third-order valence-electron chi connectivity index (χ3n) is 3.97. The summed E-state index contributed by atoms with van der Waals surface area (Å²) in [6, 6.07) is 0.463. The van der Waals surface area contributed by atoms with Gasteiger partial charge < -0.3 is 15.2 Å². The van der Waals surface area contributed by atoms with Crippen LogP contribution in [0.25, 0.3) is 0 Å². The summed E-state index contributed by atoms with van der Waals surface area (Å²) in [4.78, 5) is 0. The summed E-state index contributed by atoms with van der Waals surface area (Å²) in [5.74, 6) is 0.825. The first-order chi connectivity index (χ1) is 7.24. The average molecular weight is 213 g/mol. The average Bonchev–Trinajstić information content (AvgIpc) is 2.75. The van der Waals surface area contributed by atoms with E-state index in [4.69, 9.17) is 4.74 Å². The predicted molar refractivity (Wildman–Crippen MR) is 59.8 cm³/mol. The van der Waals surface area contributed by atoms with E-state index in [1.807, 2.05) is 0 Å². The molecule has 1 aliphatic carbocycles. The third kappa shape index (κ3) is 2.71. The molecule has 0 amide bonds. The maximum atomic E-state index is 9.58. The Kier molecular flexibility index (Phi) is 3.65. The van der Waals surface area contributed by atoms with E-state index < -0.39 is 0 Å². The van der Waals surface area contributed by atoms with Gasteiger partial charge in [0.25, 0.3) is 0 Å². The highest BCUT2D eigenvalue weighted by Gasteiger charge is 2.35. The van der Waals surface area contributed by atoms with Crippen LogP contribution in [-0.4, -0.2) is 36.5 Å². The van der Waals surface area contributed by atoms with Gasteiger partial charge in [-0.15, -0.1) is 0 Å². The Morgan fingerprint density at radius 2 is 2.07 bits per heavy atom. The van der Waals surface area contributed by atoms with Gasteiger partial charge in [-0.05, 0) is 38.0 Å². The normalized spacial score (nSPS) is 42.0. The van der Waals surface area contributed by atoms with Crippen LogP contribution in [0.3, 0.4) is 0 Å². The van der Waals surface area contributed by atoms with Gasteiger partial charge in [-0.3, -0.25) is 0 Å². The first-order valence-corrected chi connectivity index (χ1v) is 6.20. The smallest absolute Gasteiger partial charge is 0.0620 e. The van der Waals surface area contributed by atoms with E-state index in [1.54, 1.807) is 0 Å². The summed E-state index contributed by atoms with van der Waals surface area (Å²) in [6.07, 6.45) is 5.79. The highest BCUT2D eigenvalue weighted by Crippen LogP contribution is 2.32. The fourth-order valence-electron chi connectivity index (χ4n) is 2.74. The second kappa shape index (κ2) is 4.81. The molecule has 2 N–H and O–H groups in total. The van der Waals surface area contributed by atoms with E-state index in [2.05, 4.69) is 12.2 Å². The summed E-state index contributed by atoms with van der Waals surface area (Å²) in [5.41, 5.74) is -0.00905. The minimum absolute atomic E-state index is 0.00905. The van der Waals surface area contributed by atoms with Crippen molar-refractivity contribution in [1.82, 2.24) is 5.32 Å². The van der Waals surface area contributed by atoms with Crippen LogP contribution in [0.2, 0.25) is 0 Å². The monoisotopic (exact) mass is 213 g/mol. The summed E-state index contributed by atoms with van der Waals surface area (Å²) in [7, 11) is 0. The zero-order chi connectivity index (χ0) is 10.7. The van der Waals surface area contributed by atoms with Crippen LogP contribution in [0.15, 0.2) is 0 Å². The number of rotatable bonds is 3. The van der Waals surface area contributed by atoms with Crippen LogP contribution in [0.5, 0.6) is 0 Å². The van der Waals surface area contributed by atoms with Crippen molar-refractivity contribution in [1.29, 1.82) is 0 Å². The van der Waals surface area contributed by atoms with Crippen molar-refractivity contribution >= 4 is 0 Å². The van der Waals surface area contributed by atoms with Gasteiger partial charge in [0.15, 0.2) is 0 Å². The fraction of sp³-hybridized carbons (Fsp3) is 1.00. The maximum absolute atomic E-state index is 9.58. The van der Waals surface area contributed by atoms with Crippen LogP contribution in [0.1, 0.15) is 39.0 Å². The van der Waals surface area contributed by atoms with Crippen LogP contribution < -0.4 is 5.32 Å². The molecule has 0 radical (unpaired) electrons. The molecule has 0 bridgehead atoms. The van der Waals surface area contributed by atoms with E-state index in [9.17, 15) is 5.11 Å². The number of nitrogens with one attached hydrogen (secondary N) is 1. The lowest BCUT2D eigenvalue weighted by Gasteiger charge is -2.40. The molecule has 0 aromatic heterocycles. The second-order valence-corrected chi connectivity index (χ2v) is 5.33. The number of ether oxygens (including phenoxy) is 1. The molecular weight excluding hydrogens is 190 g/mol. The molecule has 0 spiro atoms. The van der Waals surface area contributed by atoms with E-state index in [1.165, 1.54) is 12.8 Å². The summed E-state index contributed by atoms with van der Waals surface area (Å²) in [6.45, 7) is 4.27. The molecule has 2 fully saturated rings. The molecule has 1 heterocycles. The minimum Gasteiger partial charge on any atom is -0.394 e. The van der Waals surface area contributed by atoms with Gasteiger partial charge in [0.05, 0.1) is 13.2 Å². The van der Waals surface area contributed by atoms with Gasteiger partial charge in [0, 0.05) is 18.2 Å². The van der Waals surface area contributed by atoms with Crippen molar-refractivity contribution in [3.63, 3.8) is 0 Å². The highest BCUT2D eigenvalue weighted by atomic mass is 16.5. The molecule has 88 valence electrons. The largest absolute Gasteiger partial charge is 0.394 e. The molecule has 0 aromatic rings. The Morgan fingerprint density at radius 1 is 1.33 bits per heavy atom. The van der Waals surface area contributed by atoms with E-state index in [0.29, 0.717) is 6.04 Å². The molecule has 2 aliphatic rings. The van der Waals surface area contributed by atoms with Crippen LogP contribution in [-0.2, 0) is 4.74 Å². The zero-order valence-corrected chi connectivity index (χ0v) is 9.67. The summed E-state index contributed by atoms with van der Waals surface area (Å²) >= 11 is 0. The molecule has 1 atom stereocenters. The minimum atomic E-state index is -0.00905. The predicted octanol–water partition coefficient (Wildman–Crippen LogP) is 1.31. The fourth-order valence-corrected chi connectivity index (χ4v) is 2.74. The van der Waals surface area contributed by atoms with E-state index in [0.717, 1.165) is 38.4 Å². The zero-order valence-electron chi connectivity index (χ0n) is 9.67. The number of aliphatic hydroxyl groups is 1. The van der Waals surface area contributed by atoms with Gasteiger partial charge in [-0.1, -0.05) is 6.92 Å². The Balaban J connectivity index is 1.89. The SMILES string of the molecule is CC1CCC(CO)(NC2CCOC2)CC1. The maximum Gasteiger partial charge on any atom is 0.0620 e. The molecule has 3 heteroatoms. The van der Waals surface area contributed by atoms with Gasteiger partial charge in [0.2, 0.25) is 0 Å². The van der Waals surface area contributed by atoms with Crippen molar-refractivity contribution in [3.8, 4) is 0 Å². The topological polar surface area (TPSA) is 41.5 Å². The van der Waals surface area contributed by atoms with Gasteiger partial charge in [-0.25, -0.2) is 0 Å². The van der Waals surface area contributed by atoms with Crippen molar-refractivity contribution in [2.24, 2.45) is 5.92 Å². The molecule has 1 saturated heterocycles. The second-order valence-electron chi connectivity index (χ2n) is 5.33. The van der Waals surface area contributed by atoms with Crippen molar-refractivity contribution in [3.05, 3.63) is 0 Å². The van der Waals surface area contributed by atoms with E-state index in [-0.39, 0.29) is 12.1 Å². The van der Waals surface area contributed by atoms with Crippen LogP contribution >= 0.6 is 0 Å². The summed E-state index contributed by atoms with van der Waals surface area (Å²) in [5, 5.41) is 13.2. The number of aliphatic hydroxyl groups excluding tert-OH is 1. The molecule has 1 saturated carbocycles. The Labute approximate surface area is 92.2 Å². The molecule has 3 nitrogen and oxygen atoms in total. The number of hydrogen-bond donors (Lipinski definition) is 2. The Hall–Kier alpha value is -0.120. The first kappa shape index (κ1) is 11.4. The molecule has 0 aromatic carbocycles. The van der Waals surface area contributed by atoms with Crippen molar-refractivity contribution in [2.45, 2.75) is 50.6 Å². The number of hydrogen-bond acceptors (Lipinski definition) is 3. The Bertz CT molecular complexity index is 194. The van der Waals surface area contributed by atoms with Gasteiger partial charge >= 0.3 is 0 Å². The van der Waals surface area contributed by atoms with Crippen LogP contribution in [0, 0.1) is 5.92 Å². The molecule has 1 aliphatic heterocycles.